The first kappa shape index (κ1) is 20.1. The molecule has 0 saturated heterocycles. The molecule has 1 heterocycles. The Hall–Kier alpha value is -3.22. The Labute approximate surface area is 170 Å². The van der Waals surface area contributed by atoms with Crippen molar-refractivity contribution in [1.82, 2.24) is 9.97 Å². The molecular weight excluding hydrogens is 393 g/mol. The summed E-state index contributed by atoms with van der Waals surface area (Å²) in [7, 11) is 0. The van der Waals surface area contributed by atoms with E-state index >= 15 is 0 Å². The number of carbonyl (C=O) groups excluding carboxylic acids is 1. The average molecular weight is 412 g/mol. The predicted molar refractivity (Wildman–Crippen MR) is 106 cm³/mol. The van der Waals surface area contributed by atoms with Gasteiger partial charge in [-0.25, -0.2) is 4.98 Å². The second-order valence-electron chi connectivity index (χ2n) is 7.54. The van der Waals surface area contributed by atoms with Gasteiger partial charge in [-0.15, -0.1) is 0 Å². The molecule has 0 bridgehead atoms. The third-order valence-electron chi connectivity index (χ3n) is 5.34. The molecule has 1 saturated carbocycles. The SMILES string of the molecule is O=C(C[C@@H](c1ccc(C(F)(F)F)cc1)C1CC1)c1cc(=O)[nH]c(-c2ccccc2)n1. The Morgan fingerprint density at radius 2 is 1.73 bits per heavy atom. The van der Waals surface area contributed by atoms with Gasteiger partial charge in [-0.3, -0.25) is 9.59 Å². The highest BCUT2D eigenvalue weighted by atomic mass is 19.4. The first-order chi connectivity index (χ1) is 14.3. The second kappa shape index (κ2) is 7.89. The van der Waals surface area contributed by atoms with Crippen molar-refractivity contribution in [2.45, 2.75) is 31.4 Å². The molecule has 1 aliphatic rings. The number of alkyl halides is 3. The van der Waals surface area contributed by atoms with Crippen LogP contribution < -0.4 is 5.56 Å². The topological polar surface area (TPSA) is 62.8 Å². The molecular formula is C23H19F3N2O2. The number of aromatic nitrogens is 2. The molecule has 4 nitrogen and oxygen atoms in total. The molecule has 1 fully saturated rings. The predicted octanol–water partition coefficient (Wildman–Crippen LogP) is 5.22. The van der Waals surface area contributed by atoms with Crippen LogP contribution in [-0.4, -0.2) is 15.8 Å². The van der Waals surface area contributed by atoms with E-state index in [-0.39, 0.29) is 29.7 Å². The van der Waals surface area contributed by atoms with Crippen LogP contribution in [0.4, 0.5) is 13.2 Å². The normalized spacial score (nSPS) is 15.0. The van der Waals surface area contributed by atoms with Gasteiger partial charge in [-0.2, -0.15) is 13.2 Å². The number of ketones is 1. The summed E-state index contributed by atoms with van der Waals surface area (Å²) in [6.07, 6.45) is -2.44. The van der Waals surface area contributed by atoms with Gasteiger partial charge in [-0.05, 0) is 42.4 Å². The van der Waals surface area contributed by atoms with E-state index in [2.05, 4.69) is 9.97 Å². The number of carbonyl (C=O) groups is 1. The number of rotatable bonds is 6. The summed E-state index contributed by atoms with van der Waals surface area (Å²) in [4.78, 5) is 32.0. The molecule has 0 aliphatic heterocycles. The second-order valence-corrected chi connectivity index (χ2v) is 7.54. The van der Waals surface area contributed by atoms with Gasteiger partial charge in [0.2, 0.25) is 0 Å². The zero-order valence-corrected chi connectivity index (χ0v) is 15.9. The highest BCUT2D eigenvalue weighted by Crippen LogP contribution is 2.45. The van der Waals surface area contributed by atoms with Crippen LogP contribution in [0.15, 0.2) is 65.5 Å². The van der Waals surface area contributed by atoms with Gasteiger partial charge in [0, 0.05) is 18.1 Å². The minimum atomic E-state index is -4.40. The first-order valence-corrected chi connectivity index (χ1v) is 9.68. The van der Waals surface area contributed by atoms with Crippen molar-refractivity contribution in [2.75, 3.05) is 0 Å². The summed E-state index contributed by atoms with van der Waals surface area (Å²) in [5, 5.41) is 0. The highest BCUT2D eigenvalue weighted by Gasteiger charge is 2.35. The maximum Gasteiger partial charge on any atom is 0.416 e. The molecule has 1 aromatic heterocycles. The third kappa shape index (κ3) is 4.50. The van der Waals surface area contributed by atoms with E-state index in [1.807, 2.05) is 6.07 Å². The van der Waals surface area contributed by atoms with Gasteiger partial charge in [-0.1, -0.05) is 42.5 Å². The molecule has 30 heavy (non-hydrogen) atoms. The number of nitrogens with zero attached hydrogens (tertiary/aromatic N) is 1. The quantitative estimate of drug-likeness (QED) is 0.565. The average Bonchev–Trinajstić information content (AvgIpc) is 3.57. The number of Topliss-reactive ketones (excluding diaryl/α,β-unsaturated/α-hetero) is 1. The number of halogens is 3. The zero-order chi connectivity index (χ0) is 21.3. The number of benzene rings is 2. The summed E-state index contributed by atoms with van der Waals surface area (Å²) in [6, 6.07) is 15.2. The molecule has 0 unspecified atom stereocenters. The van der Waals surface area contributed by atoms with E-state index < -0.39 is 17.3 Å². The van der Waals surface area contributed by atoms with E-state index in [9.17, 15) is 22.8 Å². The standard InChI is InChI=1S/C23H19F3N2O2/c24-23(25,26)17-10-8-15(9-11-17)18(14-6-7-14)12-20(29)19-13-21(30)28-22(27-19)16-4-2-1-3-5-16/h1-5,8-11,13-14,18H,6-7,12H2,(H,27,28,30)/t18-/m1/s1. The van der Waals surface area contributed by atoms with Crippen molar-refractivity contribution >= 4 is 5.78 Å². The van der Waals surface area contributed by atoms with Crippen LogP contribution in [0.1, 0.15) is 46.8 Å². The lowest BCUT2D eigenvalue weighted by atomic mass is 9.88. The van der Waals surface area contributed by atoms with Gasteiger partial charge >= 0.3 is 6.18 Å². The van der Waals surface area contributed by atoms with Crippen molar-refractivity contribution in [3.05, 3.63) is 87.8 Å². The van der Waals surface area contributed by atoms with E-state index in [0.717, 1.165) is 25.0 Å². The molecule has 2 aromatic carbocycles. The number of nitrogens with one attached hydrogen (secondary N) is 1. The molecule has 1 N–H and O–H groups in total. The first-order valence-electron chi connectivity index (χ1n) is 9.68. The van der Waals surface area contributed by atoms with E-state index in [1.54, 1.807) is 24.3 Å². The fourth-order valence-electron chi connectivity index (χ4n) is 3.61. The maximum absolute atomic E-state index is 12.9. The van der Waals surface area contributed by atoms with Crippen molar-refractivity contribution in [1.29, 1.82) is 0 Å². The van der Waals surface area contributed by atoms with Crippen LogP contribution in [0.5, 0.6) is 0 Å². The van der Waals surface area contributed by atoms with Gasteiger partial charge in [0.25, 0.3) is 5.56 Å². The minimum Gasteiger partial charge on any atom is -0.306 e. The van der Waals surface area contributed by atoms with Crippen molar-refractivity contribution in [3.63, 3.8) is 0 Å². The molecule has 3 aromatic rings. The van der Waals surface area contributed by atoms with Crippen LogP contribution in [0.2, 0.25) is 0 Å². The van der Waals surface area contributed by atoms with E-state index in [4.69, 9.17) is 0 Å². The summed E-state index contributed by atoms with van der Waals surface area (Å²) >= 11 is 0. The van der Waals surface area contributed by atoms with Gasteiger partial charge in [0.05, 0.1) is 5.56 Å². The van der Waals surface area contributed by atoms with E-state index in [0.29, 0.717) is 17.0 Å². The lowest BCUT2D eigenvalue weighted by Crippen LogP contribution is -2.16. The van der Waals surface area contributed by atoms with Crippen molar-refractivity contribution in [2.24, 2.45) is 5.92 Å². The maximum atomic E-state index is 12.9. The molecule has 154 valence electrons. The van der Waals surface area contributed by atoms with Crippen molar-refractivity contribution in [3.8, 4) is 11.4 Å². The Bertz CT molecular complexity index is 1100. The molecule has 0 amide bonds. The smallest absolute Gasteiger partial charge is 0.306 e. The molecule has 1 atom stereocenters. The highest BCUT2D eigenvalue weighted by molar-refractivity contribution is 5.95. The van der Waals surface area contributed by atoms with Crippen LogP contribution in [-0.2, 0) is 6.18 Å². The lowest BCUT2D eigenvalue weighted by Gasteiger charge is -2.17. The monoisotopic (exact) mass is 412 g/mol. The Morgan fingerprint density at radius 1 is 1.07 bits per heavy atom. The van der Waals surface area contributed by atoms with Crippen LogP contribution in [0.3, 0.4) is 0 Å². The summed E-state index contributed by atoms with van der Waals surface area (Å²) in [5.74, 6) is 0.0707. The molecule has 0 spiro atoms. The number of H-pyrrole nitrogens is 1. The van der Waals surface area contributed by atoms with E-state index in [1.165, 1.54) is 18.2 Å². The molecule has 4 rings (SSSR count). The minimum absolute atomic E-state index is 0.0650. The number of aromatic amines is 1. The number of hydrogen-bond donors (Lipinski definition) is 1. The van der Waals surface area contributed by atoms with Crippen molar-refractivity contribution < 1.29 is 18.0 Å². The molecule has 1 aliphatic carbocycles. The molecule has 0 radical (unpaired) electrons. The Balaban J connectivity index is 1.59. The fourth-order valence-corrected chi connectivity index (χ4v) is 3.61. The summed E-state index contributed by atoms with van der Waals surface area (Å²) < 4.78 is 38.5. The number of hydrogen-bond acceptors (Lipinski definition) is 3. The zero-order valence-electron chi connectivity index (χ0n) is 15.9. The molecule has 7 heteroatoms. The summed E-state index contributed by atoms with van der Waals surface area (Å²) in [6.45, 7) is 0. The summed E-state index contributed by atoms with van der Waals surface area (Å²) in [5.41, 5.74) is 0.313. The van der Waals surface area contributed by atoms with Crippen LogP contribution in [0, 0.1) is 5.92 Å². The van der Waals surface area contributed by atoms with Crippen LogP contribution in [0.25, 0.3) is 11.4 Å². The van der Waals surface area contributed by atoms with Gasteiger partial charge < -0.3 is 4.98 Å². The fraction of sp³-hybridized carbons (Fsp3) is 0.261. The van der Waals surface area contributed by atoms with Gasteiger partial charge in [0.15, 0.2) is 5.78 Å². The third-order valence-corrected chi connectivity index (χ3v) is 5.34. The van der Waals surface area contributed by atoms with Crippen LogP contribution >= 0.6 is 0 Å². The Morgan fingerprint density at radius 3 is 2.33 bits per heavy atom. The Kier molecular flexibility index (Phi) is 5.28. The van der Waals surface area contributed by atoms with Gasteiger partial charge in [0.1, 0.15) is 11.5 Å². The lowest BCUT2D eigenvalue weighted by molar-refractivity contribution is -0.137. The largest absolute Gasteiger partial charge is 0.416 e.